The topological polar surface area (TPSA) is 62.6 Å². The SMILES string of the molecule is CNC1CCN(S(=O)(=O)c2cc(C)oc2C)CC1. The van der Waals surface area contributed by atoms with E-state index in [1.807, 2.05) is 7.05 Å². The molecule has 0 spiro atoms. The van der Waals surface area contributed by atoms with Gasteiger partial charge in [-0.05, 0) is 39.8 Å². The first kappa shape index (κ1) is 13.6. The molecule has 0 saturated carbocycles. The quantitative estimate of drug-likeness (QED) is 0.900. The fourth-order valence-electron chi connectivity index (χ4n) is 2.39. The van der Waals surface area contributed by atoms with Gasteiger partial charge >= 0.3 is 0 Å². The smallest absolute Gasteiger partial charge is 0.246 e. The van der Waals surface area contributed by atoms with Crippen LogP contribution in [-0.4, -0.2) is 38.9 Å². The molecular weight excluding hydrogens is 252 g/mol. The average Bonchev–Trinajstić information content (AvgIpc) is 2.69. The predicted molar refractivity (Wildman–Crippen MR) is 69.0 cm³/mol. The number of nitrogens with one attached hydrogen (secondary N) is 1. The largest absolute Gasteiger partial charge is 0.465 e. The van der Waals surface area contributed by atoms with Gasteiger partial charge in [-0.2, -0.15) is 4.31 Å². The highest BCUT2D eigenvalue weighted by Crippen LogP contribution is 2.25. The Balaban J connectivity index is 2.20. The van der Waals surface area contributed by atoms with Crippen molar-refractivity contribution in [3.63, 3.8) is 0 Å². The van der Waals surface area contributed by atoms with Crippen molar-refractivity contribution in [1.29, 1.82) is 0 Å². The van der Waals surface area contributed by atoms with Gasteiger partial charge in [0.1, 0.15) is 16.4 Å². The van der Waals surface area contributed by atoms with E-state index in [-0.39, 0.29) is 0 Å². The third kappa shape index (κ3) is 2.46. The zero-order valence-corrected chi connectivity index (χ0v) is 11.9. The van der Waals surface area contributed by atoms with Crippen molar-refractivity contribution in [3.8, 4) is 0 Å². The fraction of sp³-hybridized carbons (Fsp3) is 0.667. The van der Waals surface area contributed by atoms with E-state index in [4.69, 9.17) is 4.42 Å². The first-order valence-electron chi connectivity index (χ1n) is 6.19. The summed E-state index contributed by atoms with van der Waals surface area (Å²) in [5.41, 5.74) is 0. The zero-order chi connectivity index (χ0) is 13.3. The third-order valence-corrected chi connectivity index (χ3v) is 5.48. The monoisotopic (exact) mass is 272 g/mol. The van der Waals surface area contributed by atoms with Crippen LogP contribution in [0.25, 0.3) is 0 Å². The van der Waals surface area contributed by atoms with Gasteiger partial charge in [0.05, 0.1) is 0 Å². The maximum atomic E-state index is 12.5. The number of aryl methyl sites for hydroxylation is 2. The summed E-state index contributed by atoms with van der Waals surface area (Å²) in [5, 5.41) is 3.19. The number of furan rings is 1. The molecule has 1 aliphatic heterocycles. The molecular formula is C12H20N2O3S. The van der Waals surface area contributed by atoms with E-state index in [0.29, 0.717) is 35.5 Å². The maximum Gasteiger partial charge on any atom is 0.246 e. The second kappa shape index (κ2) is 5.03. The maximum absolute atomic E-state index is 12.5. The minimum absolute atomic E-state index is 0.308. The molecule has 0 bridgehead atoms. The molecule has 2 rings (SSSR count). The summed E-state index contributed by atoms with van der Waals surface area (Å²) in [4.78, 5) is 0.308. The van der Waals surface area contributed by atoms with Crippen molar-refractivity contribution >= 4 is 10.0 Å². The molecule has 2 heterocycles. The molecule has 1 aliphatic rings. The minimum atomic E-state index is -3.39. The van der Waals surface area contributed by atoms with E-state index in [9.17, 15) is 8.42 Å². The molecule has 0 amide bonds. The number of nitrogens with zero attached hydrogens (tertiary/aromatic N) is 1. The first-order chi connectivity index (χ1) is 8.45. The van der Waals surface area contributed by atoms with Crippen molar-refractivity contribution in [1.82, 2.24) is 9.62 Å². The van der Waals surface area contributed by atoms with Crippen LogP contribution in [0.5, 0.6) is 0 Å². The van der Waals surface area contributed by atoms with Crippen molar-refractivity contribution in [3.05, 3.63) is 17.6 Å². The van der Waals surface area contributed by atoms with Crippen molar-refractivity contribution in [2.45, 2.75) is 37.6 Å². The van der Waals surface area contributed by atoms with E-state index in [1.54, 1.807) is 24.2 Å². The van der Waals surface area contributed by atoms with Gasteiger partial charge in [-0.1, -0.05) is 0 Å². The summed E-state index contributed by atoms with van der Waals surface area (Å²) in [7, 11) is -1.48. The summed E-state index contributed by atoms with van der Waals surface area (Å²) < 4.78 is 31.8. The van der Waals surface area contributed by atoms with Gasteiger partial charge in [-0.25, -0.2) is 8.42 Å². The van der Waals surface area contributed by atoms with E-state index in [1.165, 1.54) is 0 Å². The number of hydrogen-bond donors (Lipinski definition) is 1. The number of piperidine rings is 1. The van der Waals surface area contributed by atoms with Crippen LogP contribution < -0.4 is 5.32 Å². The molecule has 18 heavy (non-hydrogen) atoms. The van der Waals surface area contributed by atoms with Gasteiger partial charge in [0.15, 0.2) is 0 Å². The molecule has 0 unspecified atom stereocenters. The van der Waals surface area contributed by atoms with E-state index < -0.39 is 10.0 Å². The molecule has 1 aromatic heterocycles. The highest BCUT2D eigenvalue weighted by Gasteiger charge is 2.31. The number of sulfonamides is 1. The predicted octanol–water partition coefficient (Wildman–Crippen LogP) is 1.27. The summed E-state index contributed by atoms with van der Waals surface area (Å²) in [6, 6.07) is 2.03. The molecule has 0 atom stereocenters. The molecule has 1 saturated heterocycles. The molecule has 1 aromatic rings. The lowest BCUT2D eigenvalue weighted by atomic mass is 10.1. The molecule has 0 aromatic carbocycles. The average molecular weight is 272 g/mol. The summed E-state index contributed by atoms with van der Waals surface area (Å²) in [6.07, 6.45) is 1.71. The lowest BCUT2D eigenvalue weighted by Crippen LogP contribution is -2.43. The second-order valence-electron chi connectivity index (χ2n) is 4.74. The first-order valence-corrected chi connectivity index (χ1v) is 7.63. The van der Waals surface area contributed by atoms with Crippen molar-refractivity contribution in [2.75, 3.05) is 20.1 Å². The van der Waals surface area contributed by atoms with Gasteiger partial charge in [0.2, 0.25) is 10.0 Å². The molecule has 102 valence electrons. The Labute approximate surface area is 108 Å². The lowest BCUT2D eigenvalue weighted by Gasteiger charge is -2.30. The molecule has 0 aliphatic carbocycles. The van der Waals surface area contributed by atoms with Crippen LogP contribution in [0.3, 0.4) is 0 Å². The summed E-state index contributed by atoms with van der Waals surface area (Å²) in [5.74, 6) is 1.11. The minimum Gasteiger partial charge on any atom is -0.465 e. The standard InChI is InChI=1S/C12H20N2O3S/c1-9-8-12(10(2)17-9)18(15,16)14-6-4-11(13-3)5-7-14/h8,11,13H,4-7H2,1-3H3. The van der Waals surface area contributed by atoms with Crippen LogP contribution in [0.2, 0.25) is 0 Å². The highest BCUT2D eigenvalue weighted by molar-refractivity contribution is 7.89. The van der Waals surface area contributed by atoms with E-state index in [0.717, 1.165) is 12.8 Å². The Kier molecular flexibility index (Phi) is 3.79. The number of rotatable bonds is 3. The Morgan fingerprint density at radius 1 is 1.33 bits per heavy atom. The van der Waals surface area contributed by atoms with Gasteiger partial charge in [-0.3, -0.25) is 0 Å². The fourth-order valence-corrected chi connectivity index (χ4v) is 4.08. The third-order valence-electron chi connectivity index (χ3n) is 3.48. The Hall–Kier alpha value is -0.850. The van der Waals surface area contributed by atoms with Crippen molar-refractivity contribution < 1.29 is 12.8 Å². The summed E-state index contributed by atoms with van der Waals surface area (Å²) in [6.45, 7) is 4.59. The van der Waals surface area contributed by atoms with Gasteiger partial charge in [-0.15, -0.1) is 0 Å². The Morgan fingerprint density at radius 3 is 2.39 bits per heavy atom. The Morgan fingerprint density at radius 2 is 1.94 bits per heavy atom. The van der Waals surface area contributed by atoms with Crippen LogP contribution in [0, 0.1) is 13.8 Å². The zero-order valence-electron chi connectivity index (χ0n) is 11.1. The van der Waals surface area contributed by atoms with Crippen LogP contribution >= 0.6 is 0 Å². The van der Waals surface area contributed by atoms with Crippen LogP contribution in [0.15, 0.2) is 15.4 Å². The van der Waals surface area contributed by atoms with Gasteiger partial charge < -0.3 is 9.73 Å². The van der Waals surface area contributed by atoms with Crippen LogP contribution in [-0.2, 0) is 10.0 Å². The van der Waals surface area contributed by atoms with Crippen molar-refractivity contribution in [2.24, 2.45) is 0 Å². The number of hydrogen-bond acceptors (Lipinski definition) is 4. The molecule has 0 radical (unpaired) electrons. The van der Waals surface area contributed by atoms with Gasteiger partial charge in [0.25, 0.3) is 0 Å². The molecule has 6 heteroatoms. The highest BCUT2D eigenvalue weighted by atomic mass is 32.2. The van der Waals surface area contributed by atoms with E-state index >= 15 is 0 Å². The second-order valence-corrected chi connectivity index (χ2v) is 6.65. The summed E-state index contributed by atoms with van der Waals surface area (Å²) >= 11 is 0. The molecule has 1 N–H and O–H groups in total. The Bertz CT molecular complexity index is 513. The van der Waals surface area contributed by atoms with Crippen LogP contribution in [0.1, 0.15) is 24.4 Å². The molecule has 5 nitrogen and oxygen atoms in total. The van der Waals surface area contributed by atoms with Gasteiger partial charge in [0, 0.05) is 19.1 Å². The van der Waals surface area contributed by atoms with E-state index in [2.05, 4.69) is 5.32 Å². The normalized spacial score (nSPS) is 19.3. The molecule has 1 fully saturated rings. The van der Waals surface area contributed by atoms with Crippen LogP contribution in [0.4, 0.5) is 0 Å². The lowest BCUT2D eigenvalue weighted by molar-refractivity contribution is 0.298.